The Morgan fingerprint density at radius 2 is 0.290 bits per heavy atom. The minimum absolute atomic E-state index is 0. The molecule has 0 aromatic carbocycles. The SMILES string of the molecule is O.O.O.O.O.O=C([O-])[O-].O=C([O-])[O-].O=C([O-])[O-].O=C([O-])[O-].[Mg+2].[Mg+2].[Mg+2].[Mg+2].[Mg+2].[Mg+2].[OH-].[OH-].[OH-].[OH-]. The van der Waals surface area contributed by atoms with Gasteiger partial charge in [0.1, 0.15) is 0 Å². The van der Waals surface area contributed by atoms with Crippen LogP contribution >= 0.6 is 0 Å². The second-order valence-corrected chi connectivity index (χ2v) is 1.00. The van der Waals surface area contributed by atoms with Gasteiger partial charge >= 0.3 is 138 Å². The number of hydrogen-bond donors (Lipinski definition) is 0. The van der Waals surface area contributed by atoms with E-state index in [1.165, 1.54) is 0 Å². The van der Waals surface area contributed by atoms with Crippen molar-refractivity contribution < 1.29 is 109 Å². The van der Waals surface area contributed by atoms with Gasteiger partial charge in [0.15, 0.2) is 0 Å². The molecule has 0 bridgehead atoms. The van der Waals surface area contributed by atoms with Crippen LogP contribution in [0.5, 0.6) is 0 Å². The molecule has 0 unspecified atom stereocenters. The second kappa shape index (κ2) is 162. The molecule has 0 saturated carbocycles. The molecule has 21 nitrogen and oxygen atoms in total. The van der Waals surface area contributed by atoms with Crippen molar-refractivity contribution in [3.63, 3.8) is 0 Å². The van der Waals surface area contributed by atoms with Crippen LogP contribution in [0.3, 0.4) is 0 Å². The largest absolute Gasteiger partial charge is 2.00 e. The fourth-order valence-corrected chi connectivity index (χ4v) is 0. The molecule has 0 amide bonds. The number of carbonyl (C=O) groups excluding carboxylic acids is 4. The van der Waals surface area contributed by atoms with Crippen molar-refractivity contribution in [2.24, 2.45) is 0 Å². The fraction of sp³-hybridized carbons (Fsp3) is 0. The van der Waals surface area contributed by atoms with E-state index >= 15 is 0 Å². The molecule has 0 aromatic rings. The standard InChI is InChI=1S/4CH2O3.6Mg.9H2O/c4*2-1(3)4;;;;;;;;;;;;;;;/h4*(H2,2,3,4);;;;;;;9*1H2/q;;;;6*+2;;;;;;;;;/p-12. The zero-order valence-electron chi connectivity index (χ0n) is 15.4. The Kier molecular flexibility index (Phi) is 936. The Hall–Kier alpha value is 1.32. The van der Waals surface area contributed by atoms with Crippen molar-refractivity contribution in [3.05, 3.63) is 0 Å². The predicted octanol–water partition coefficient (Wildman–Crippen LogP) is -16.9. The smallest absolute Gasteiger partial charge is 0.870 e. The molecule has 0 aliphatic rings. The zero-order chi connectivity index (χ0) is 14.3. The van der Waals surface area contributed by atoms with Gasteiger partial charge in [-0.15, -0.1) is 0 Å². The molecule has 0 aromatic heterocycles. The number of carbonyl (C=O) groups is 4. The van der Waals surface area contributed by atoms with Crippen LogP contribution in [0.25, 0.3) is 0 Å². The van der Waals surface area contributed by atoms with E-state index in [4.69, 9.17) is 60.0 Å². The van der Waals surface area contributed by atoms with Crippen LogP contribution in [0, 0.1) is 0 Å². The summed E-state index contributed by atoms with van der Waals surface area (Å²) in [6.45, 7) is 0. The van der Waals surface area contributed by atoms with Gasteiger partial charge in [-0.2, -0.15) is 0 Å². The van der Waals surface area contributed by atoms with Gasteiger partial charge in [-0.05, 0) is 24.6 Å². The molecule has 0 saturated heterocycles. The number of carboxylic acid groups (broad SMARTS) is 8. The molecule has 0 aliphatic carbocycles. The van der Waals surface area contributed by atoms with Crippen molar-refractivity contribution in [2.75, 3.05) is 0 Å². The van der Waals surface area contributed by atoms with Gasteiger partial charge in [0.05, 0.1) is 0 Å². The fourth-order valence-electron chi connectivity index (χ4n) is 0. The van der Waals surface area contributed by atoms with E-state index in [-0.39, 0.29) is 188 Å². The quantitative estimate of drug-likeness (QED) is 0.255. The summed E-state index contributed by atoms with van der Waals surface area (Å²) in [5, 5.41) is 66.7. The van der Waals surface area contributed by atoms with Crippen LogP contribution in [0.15, 0.2) is 0 Å². The minimum Gasteiger partial charge on any atom is -0.870 e. The molecule has 0 radical (unpaired) electrons. The first kappa shape index (κ1) is 179. The first-order chi connectivity index (χ1) is 6.93. The van der Waals surface area contributed by atoms with Crippen LogP contribution in [0.2, 0.25) is 0 Å². The van der Waals surface area contributed by atoms with E-state index in [1.54, 1.807) is 0 Å². The maximum Gasteiger partial charge on any atom is 2.00 e. The zero-order valence-corrected chi connectivity index (χ0v) is 23.9. The van der Waals surface area contributed by atoms with Gasteiger partial charge in [0, 0.05) is 0 Å². The van der Waals surface area contributed by atoms with Crippen LogP contribution in [-0.2, 0) is 0 Å². The van der Waals surface area contributed by atoms with Crippen molar-refractivity contribution in [1.29, 1.82) is 0 Å². The Morgan fingerprint density at radius 3 is 0.290 bits per heavy atom. The summed E-state index contributed by atoms with van der Waals surface area (Å²) < 4.78 is 0. The van der Waals surface area contributed by atoms with Gasteiger partial charge in [-0.25, -0.2) is 0 Å². The first-order valence-corrected chi connectivity index (χ1v) is 2.45. The molecule has 168 valence electrons. The van der Waals surface area contributed by atoms with Gasteiger partial charge in [-0.1, -0.05) is 0 Å². The van der Waals surface area contributed by atoms with E-state index in [2.05, 4.69) is 0 Å². The summed E-state index contributed by atoms with van der Waals surface area (Å²) in [5.41, 5.74) is 0. The summed E-state index contributed by atoms with van der Waals surface area (Å²) in [4.78, 5) is 33.3. The maximum atomic E-state index is 8.33. The van der Waals surface area contributed by atoms with Crippen molar-refractivity contribution in [1.82, 2.24) is 0 Å². The van der Waals surface area contributed by atoms with E-state index in [0.717, 1.165) is 0 Å². The minimum atomic E-state index is -2.33. The third-order valence-electron chi connectivity index (χ3n) is 0. The maximum absolute atomic E-state index is 8.33. The van der Waals surface area contributed by atoms with Crippen LogP contribution < -0.4 is 40.9 Å². The van der Waals surface area contributed by atoms with Crippen LogP contribution in [0.1, 0.15) is 0 Å². The van der Waals surface area contributed by atoms with Crippen molar-refractivity contribution >= 4 is 163 Å². The van der Waals surface area contributed by atoms with Crippen molar-refractivity contribution in [3.8, 4) is 0 Å². The molecular formula is C4H14Mg6O21. The Balaban J connectivity index is -0.00000000314. The molecular weight excluding hydrogens is 530 g/mol. The molecule has 31 heavy (non-hydrogen) atoms. The summed E-state index contributed by atoms with van der Waals surface area (Å²) in [6, 6.07) is 0. The first-order valence-electron chi connectivity index (χ1n) is 2.45. The molecule has 0 heterocycles. The van der Waals surface area contributed by atoms with Crippen molar-refractivity contribution in [2.45, 2.75) is 0 Å². The molecule has 0 fully saturated rings. The van der Waals surface area contributed by atoms with E-state index < -0.39 is 24.6 Å². The van der Waals surface area contributed by atoms with E-state index in [1.807, 2.05) is 0 Å². The Bertz CT molecular complexity index is 178. The summed E-state index contributed by atoms with van der Waals surface area (Å²) in [5.74, 6) is 0. The Labute approximate surface area is 269 Å². The molecule has 27 heteroatoms. The molecule has 0 atom stereocenters. The topological polar surface area (TPSA) is 530 Å². The third-order valence-corrected chi connectivity index (χ3v) is 0. The van der Waals surface area contributed by atoms with Gasteiger partial charge in [0.25, 0.3) is 0 Å². The normalized spacial score (nSPS) is 3.10. The van der Waals surface area contributed by atoms with Gasteiger partial charge < -0.3 is 109 Å². The van der Waals surface area contributed by atoms with E-state index in [9.17, 15) is 0 Å². The van der Waals surface area contributed by atoms with Gasteiger partial charge in [-0.3, -0.25) is 0 Å². The van der Waals surface area contributed by atoms with Crippen LogP contribution in [-0.4, -0.2) is 212 Å². The third kappa shape index (κ3) is 15500. The monoisotopic (exact) mass is 542 g/mol. The Morgan fingerprint density at radius 1 is 0.290 bits per heavy atom. The molecule has 0 aliphatic heterocycles. The van der Waals surface area contributed by atoms with Gasteiger partial charge in [0.2, 0.25) is 0 Å². The summed E-state index contributed by atoms with van der Waals surface area (Å²) in [7, 11) is 0. The second-order valence-electron chi connectivity index (χ2n) is 1.00. The summed E-state index contributed by atoms with van der Waals surface area (Å²) >= 11 is 0. The molecule has 0 spiro atoms. The average molecular weight is 544 g/mol. The number of hydrogen-bond acceptors (Lipinski definition) is 16. The predicted molar refractivity (Wildman–Crippen MR) is 81.9 cm³/mol. The molecule has 14 N–H and O–H groups in total. The van der Waals surface area contributed by atoms with E-state index in [0.29, 0.717) is 0 Å². The number of rotatable bonds is 0. The van der Waals surface area contributed by atoms with Crippen LogP contribution in [0.4, 0.5) is 19.2 Å². The average Bonchev–Trinajstić information content (AvgIpc) is 1.76. The summed E-state index contributed by atoms with van der Waals surface area (Å²) in [6.07, 6.45) is -9.33. The molecule has 0 rings (SSSR count).